The molecule has 2 heterocycles. The predicted octanol–water partition coefficient (Wildman–Crippen LogP) is 2.54. The summed E-state index contributed by atoms with van der Waals surface area (Å²) in [5, 5.41) is 3.83. The summed E-state index contributed by atoms with van der Waals surface area (Å²) in [5.74, 6) is 0. The van der Waals surface area contributed by atoms with Gasteiger partial charge in [0.2, 0.25) is 0 Å². The lowest BCUT2D eigenvalue weighted by atomic mass is 9.98. The maximum Gasteiger partial charge on any atom is 0.184 e. The Bertz CT molecular complexity index is 520. The maximum atomic E-state index is 8.74. The van der Waals surface area contributed by atoms with Crippen molar-refractivity contribution in [2.24, 2.45) is 5.11 Å². The Morgan fingerprint density at radius 1 is 1.29 bits per heavy atom. The lowest BCUT2D eigenvalue weighted by Gasteiger charge is -2.44. The first kappa shape index (κ1) is 14.3. The second-order valence-corrected chi connectivity index (χ2v) is 5.02. The van der Waals surface area contributed by atoms with Crippen molar-refractivity contribution < 1.29 is 18.9 Å². The average Bonchev–Trinajstić information content (AvgIpc) is 2.55. The molecule has 0 aromatic heterocycles. The van der Waals surface area contributed by atoms with Crippen LogP contribution in [0, 0.1) is 0 Å². The van der Waals surface area contributed by atoms with Crippen LogP contribution in [0.5, 0.6) is 0 Å². The lowest BCUT2D eigenvalue weighted by Crippen LogP contribution is -2.54. The fourth-order valence-corrected chi connectivity index (χ4v) is 2.70. The van der Waals surface area contributed by atoms with Gasteiger partial charge in [-0.1, -0.05) is 35.4 Å². The quantitative estimate of drug-likeness (QED) is 0.486. The molecule has 0 saturated carbocycles. The minimum absolute atomic E-state index is 0.292. The third-order valence-corrected chi connectivity index (χ3v) is 3.73. The highest BCUT2D eigenvalue weighted by Gasteiger charge is 2.44. The molecule has 0 radical (unpaired) electrons. The summed E-state index contributed by atoms with van der Waals surface area (Å²) in [7, 11) is 1.56. The number of hydrogen-bond donors (Lipinski definition) is 0. The van der Waals surface area contributed by atoms with Gasteiger partial charge in [0.15, 0.2) is 12.6 Å². The minimum atomic E-state index is -0.466. The third-order valence-electron chi connectivity index (χ3n) is 3.73. The smallest absolute Gasteiger partial charge is 0.184 e. The number of methoxy groups -OCH3 is 1. The van der Waals surface area contributed by atoms with Crippen LogP contribution in [0.1, 0.15) is 18.3 Å². The van der Waals surface area contributed by atoms with E-state index in [9.17, 15) is 0 Å². The number of rotatable bonds is 3. The molecule has 0 unspecified atom stereocenters. The number of ether oxygens (including phenoxy) is 4. The topological polar surface area (TPSA) is 85.7 Å². The van der Waals surface area contributed by atoms with Gasteiger partial charge in [0.1, 0.15) is 6.10 Å². The summed E-state index contributed by atoms with van der Waals surface area (Å²) >= 11 is 0. The lowest BCUT2D eigenvalue weighted by molar-refractivity contribution is -0.317. The van der Waals surface area contributed by atoms with E-state index in [-0.39, 0.29) is 18.2 Å². The second-order valence-electron chi connectivity index (χ2n) is 5.02. The molecule has 0 bridgehead atoms. The van der Waals surface area contributed by atoms with Crippen molar-refractivity contribution in [3.05, 3.63) is 46.3 Å². The molecule has 21 heavy (non-hydrogen) atoms. The number of nitrogens with zero attached hydrogens (tertiary/aromatic N) is 3. The van der Waals surface area contributed by atoms with Crippen molar-refractivity contribution in [3.8, 4) is 0 Å². The summed E-state index contributed by atoms with van der Waals surface area (Å²) in [6.45, 7) is 0.377. The molecule has 1 aromatic carbocycles. The Labute approximate surface area is 122 Å². The van der Waals surface area contributed by atoms with Gasteiger partial charge in [0, 0.05) is 24.0 Å². The average molecular weight is 291 g/mol. The normalized spacial score (nSPS) is 35.6. The molecule has 7 heteroatoms. The van der Waals surface area contributed by atoms with E-state index in [1.54, 1.807) is 7.11 Å². The van der Waals surface area contributed by atoms with E-state index >= 15 is 0 Å². The Morgan fingerprint density at radius 2 is 2.10 bits per heavy atom. The van der Waals surface area contributed by atoms with Crippen LogP contribution in [-0.2, 0) is 18.9 Å². The van der Waals surface area contributed by atoms with Gasteiger partial charge < -0.3 is 18.9 Å². The van der Waals surface area contributed by atoms with Crippen LogP contribution < -0.4 is 0 Å². The van der Waals surface area contributed by atoms with E-state index in [2.05, 4.69) is 10.0 Å². The van der Waals surface area contributed by atoms with Crippen molar-refractivity contribution in [1.82, 2.24) is 0 Å². The molecular weight excluding hydrogens is 274 g/mol. The molecular formula is C14H17N3O4. The fraction of sp³-hybridized carbons (Fsp3) is 0.571. The fourth-order valence-electron chi connectivity index (χ4n) is 2.70. The van der Waals surface area contributed by atoms with Crippen molar-refractivity contribution >= 4 is 0 Å². The Morgan fingerprint density at radius 3 is 2.81 bits per heavy atom. The SMILES string of the molecule is CO[C@H]1C[C@H](N=[N+]=[N-])[C@H]2O[C@@H](c3ccccc3)OC[C@@H]2O1. The molecule has 112 valence electrons. The van der Waals surface area contributed by atoms with Gasteiger partial charge in [-0.25, -0.2) is 0 Å². The van der Waals surface area contributed by atoms with Gasteiger partial charge >= 0.3 is 0 Å². The molecule has 5 atom stereocenters. The van der Waals surface area contributed by atoms with Gasteiger partial charge in [-0.2, -0.15) is 0 Å². The van der Waals surface area contributed by atoms with Gasteiger partial charge in [-0.15, -0.1) is 0 Å². The Balaban J connectivity index is 1.77. The van der Waals surface area contributed by atoms with Crippen LogP contribution in [0.4, 0.5) is 0 Å². The zero-order valence-electron chi connectivity index (χ0n) is 11.7. The summed E-state index contributed by atoms with van der Waals surface area (Å²) < 4.78 is 22.6. The standard InChI is InChI=1S/C14H17N3O4/c1-18-12-7-10(16-17-15)13-11(20-12)8-19-14(21-13)9-5-3-2-4-6-9/h2-6,10-14H,7-8H2,1H3/t10-,11-,12+,13+,14-/m0/s1. The van der Waals surface area contributed by atoms with E-state index in [1.807, 2.05) is 30.3 Å². The van der Waals surface area contributed by atoms with Crippen LogP contribution >= 0.6 is 0 Å². The zero-order chi connectivity index (χ0) is 14.7. The van der Waals surface area contributed by atoms with E-state index < -0.39 is 12.6 Å². The van der Waals surface area contributed by atoms with E-state index in [1.165, 1.54) is 0 Å². The highest BCUT2D eigenvalue weighted by Crippen LogP contribution is 2.35. The summed E-state index contributed by atoms with van der Waals surface area (Å²) in [4.78, 5) is 2.91. The van der Waals surface area contributed by atoms with Crippen LogP contribution in [0.25, 0.3) is 10.4 Å². The highest BCUT2D eigenvalue weighted by molar-refractivity contribution is 5.16. The summed E-state index contributed by atoms with van der Waals surface area (Å²) in [6, 6.07) is 9.35. The summed E-state index contributed by atoms with van der Waals surface area (Å²) in [6.07, 6.45) is -1.01. The minimum Gasteiger partial charge on any atom is -0.356 e. The highest BCUT2D eigenvalue weighted by atomic mass is 16.7. The molecule has 1 aromatic rings. The van der Waals surface area contributed by atoms with Crippen molar-refractivity contribution in [1.29, 1.82) is 0 Å². The summed E-state index contributed by atoms with van der Waals surface area (Å²) in [5.41, 5.74) is 9.68. The second kappa shape index (κ2) is 6.43. The van der Waals surface area contributed by atoms with Gasteiger partial charge in [-0.3, -0.25) is 0 Å². The van der Waals surface area contributed by atoms with E-state index in [0.717, 1.165) is 5.56 Å². The van der Waals surface area contributed by atoms with Crippen LogP contribution in [0.3, 0.4) is 0 Å². The molecule has 0 aliphatic carbocycles. The first-order valence-corrected chi connectivity index (χ1v) is 6.86. The molecule has 2 saturated heterocycles. The van der Waals surface area contributed by atoms with Gasteiger partial charge in [0.05, 0.1) is 18.8 Å². The first-order chi connectivity index (χ1) is 10.3. The van der Waals surface area contributed by atoms with Crippen molar-refractivity contribution in [2.45, 2.75) is 37.3 Å². The maximum absolute atomic E-state index is 8.74. The molecule has 0 spiro atoms. The van der Waals surface area contributed by atoms with Crippen LogP contribution in [-0.4, -0.2) is 38.3 Å². The van der Waals surface area contributed by atoms with Crippen LogP contribution in [0.2, 0.25) is 0 Å². The van der Waals surface area contributed by atoms with E-state index in [4.69, 9.17) is 24.5 Å². The third kappa shape index (κ3) is 3.02. The molecule has 3 rings (SSSR count). The van der Waals surface area contributed by atoms with E-state index in [0.29, 0.717) is 13.0 Å². The van der Waals surface area contributed by atoms with Gasteiger partial charge in [0.25, 0.3) is 0 Å². The van der Waals surface area contributed by atoms with Crippen LogP contribution in [0.15, 0.2) is 35.4 Å². The molecule has 2 aliphatic heterocycles. The molecule has 0 N–H and O–H groups in total. The van der Waals surface area contributed by atoms with Crippen molar-refractivity contribution in [3.63, 3.8) is 0 Å². The zero-order valence-corrected chi connectivity index (χ0v) is 11.7. The van der Waals surface area contributed by atoms with Gasteiger partial charge in [-0.05, 0) is 5.53 Å². The predicted molar refractivity (Wildman–Crippen MR) is 73.2 cm³/mol. The number of benzene rings is 1. The van der Waals surface area contributed by atoms with Crippen molar-refractivity contribution in [2.75, 3.05) is 13.7 Å². The number of hydrogen-bond acceptors (Lipinski definition) is 5. The Hall–Kier alpha value is -1.63. The molecule has 0 amide bonds. The molecule has 2 aliphatic rings. The molecule has 7 nitrogen and oxygen atoms in total. The molecule has 2 fully saturated rings. The number of fused-ring (bicyclic) bond motifs is 1. The number of azide groups is 1. The first-order valence-electron chi connectivity index (χ1n) is 6.86. The monoisotopic (exact) mass is 291 g/mol. The Kier molecular flexibility index (Phi) is 4.38. The largest absolute Gasteiger partial charge is 0.356 e.